The Balaban J connectivity index is 0.00000171. The number of phenols is 1. The average molecular weight is 590 g/mol. The van der Waals surface area contributed by atoms with Crippen LogP contribution in [0.2, 0.25) is 0 Å². The predicted octanol–water partition coefficient (Wildman–Crippen LogP) is 6.02. The first-order valence-corrected chi connectivity index (χ1v) is 12.6. The zero-order chi connectivity index (χ0) is 22.6. The number of fused-ring (bicyclic) bond motifs is 2. The van der Waals surface area contributed by atoms with Gasteiger partial charge >= 0.3 is 0 Å². The number of nitrogens with zero attached hydrogens (tertiary/aromatic N) is 4. The summed E-state index contributed by atoms with van der Waals surface area (Å²) in [5, 5.41) is 11.4. The molecule has 1 aliphatic heterocycles. The van der Waals surface area contributed by atoms with E-state index in [1.54, 1.807) is 0 Å². The lowest BCUT2D eigenvalue weighted by atomic mass is 9.87. The quantitative estimate of drug-likeness (QED) is 0.365. The zero-order valence-electron chi connectivity index (χ0n) is 21.4. The van der Waals surface area contributed by atoms with Gasteiger partial charge in [-0.3, -0.25) is 14.8 Å². The number of pyridine rings is 1. The molecule has 0 radical (unpaired) electrons. The molecule has 1 saturated heterocycles. The van der Waals surface area contributed by atoms with E-state index in [4.69, 9.17) is 0 Å². The maximum Gasteiger partial charge on any atom is 0.119 e. The molecule has 2 heterocycles. The molecule has 1 unspecified atom stereocenters. The monoisotopic (exact) mass is 588 g/mol. The standard InChI is InChI=1S/C28H36N4O.4ClH/c1-2-14-31(23-10-11-24-22(21-23)6-5-9-28(24)33)18-15-30-16-19-32(20-17-30)27-12-13-29-26-8-4-3-7-25(26)27;;;;/h3-9,12-13,23,33H,2,10-11,14-21H2,1H3;4*1H. The van der Waals surface area contributed by atoms with Crippen LogP contribution in [0.4, 0.5) is 5.69 Å². The highest BCUT2D eigenvalue weighted by atomic mass is 35.5. The van der Waals surface area contributed by atoms with Crippen LogP contribution in [-0.2, 0) is 12.8 Å². The summed E-state index contributed by atoms with van der Waals surface area (Å²) in [7, 11) is 0. The van der Waals surface area contributed by atoms with Gasteiger partial charge in [0.05, 0.1) is 5.52 Å². The summed E-state index contributed by atoms with van der Waals surface area (Å²) in [4.78, 5) is 12.4. The molecule has 0 amide bonds. The molecule has 5 nitrogen and oxygen atoms in total. The highest BCUT2D eigenvalue weighted by molar-refractivity contribution is 5.91. The van der Waals surface area contributed by atoms with E-state index in [0.717, 1.165) is 70.6 Å². The van der Waals surface area contributed by atoms with E-state index in [9.17, 15) is 5.11 Å². The second-order valence-corrected chi connectivity index (χ2v) is 9.52. The fraction of sp³-hybridized carbons (Fsp3) is 0.464. The normalized spacial score (nSPS) is 17.1. The number of halogens is 4. The first kappa shape index (κ1) is 33.6. The number of phenolic OH excluding ortho intramolecular Hbond substituents is 1. The van der Waals surface area contributed by atoms with Gasteiger partial charge in [0.1, 0.15) is 5.75 Å². The van der Waals surface area contributed by atoms with Gasteiger partial charge in [-0.15, -0.1) is 49.6 Å². The van der Waals surface area contributed by atoms with Crippen molar-refractivity contribution in [2.24, 2.45) is 0 Å². The van der Waals surface area contributed by atoms with Gasteiger partial charge < -0.3 is 10.0 Å². The Hall–Kier alpha value is -1.47. The van der Waals surface area contributed by atoms with E-state index < -0.39 is 0 Å². The predicted molar refractivity (Wildman–Crippen MR) is 165 cm³/mol. The summed E-state index contributed by atoms with van der Waals surface area (Å²) in [5.74, 6) is 0.479. The van der Waals surface area contributed by atoms with Gasteiger partial charge in [0.25, 0.3) is 0 Å². The molecule has 0 spiro atoms. The molecule has 0 bridgehead atoms. The van der Waals surface area contributed by atoms with Crippen LogP contribution in [0.5, 0.6) is 5.75 Å². The van der Waals surface area contributed by atoms with E-state index in [-0.39, 0.29) is 49.6 Å². The molecule has 1 aromatic heterocycles. The van der Waals surface area contributed by atoms with Gasteiger partial charge in [0.2, 0.25) is 0 Å². The fourth-order valence-corrected chi connectivity index (χ4v) is 5.68. The van der Waals surface area contributed by atoms with Crippen molar-refractivity contribution >= 4 is 66.2 Å². The van der Waals surface area contributed by atoms with Crippen molar-refractivity contribution in [1.29, 1.82) is 0 Å². The lowest BCUT2D eigenvalue weighted by Gasteiger charge is -2.39. The Morgan fingerprint density at radius 1 is 0.919 bits per heavy atom. The molecule has 1 fully saturated rings. The minimum absolute atomic E-state index is 0. The van der Waals surface area contributed by atoms with E-state index in [2.05, 4.69) is 63.0 Å². The van der Waals surface area contributed by atoms with Crippen molar-refractivity contribution in [2.75, 3.05) is 50.7 Å². The van der Waals surface area contributed by atoms with Gasteiger partial charge in [-0.2, -0.15) is 0 Å². The van der Waals surface area contributed by atoms with E-state index in [1.807, 2.05) is 18.3 Å². The summed E-state index contributed by atoms with van der Waals surface area (Å²) in [5.41, 5.74) is 4.91. The van der Waals surface area contributed by atoms with Gasteiger partial charge in [0.15, 0.2) is 0 Å². The Labute approximate surface area is 246 Å². The van der Waals surface area contributed by atoms with Gasteiger partial charge in [0, 0.05) is 62.6 Å². The molecular weight excluding hydrogens is 550 g/mol. The molecule has 37 heavy (non-hydrogen) atoms. The van der Waals surface area contributed by atoms with Crippen LogP contribution in [0.1, 0.15) is 30.9 Å². The summed E-state index contributed by atoms with van der Waals surface area (Å²) in [6, 6.07) is 17.2. The van der Waals surface area contributed by atoms with Crippen LogP contribution >= 0.6 is 49.6 Å². The number of hydrogen-bond donors (Lipinski definition) is 1. The Morgan fingerprint density at radius 2 is 1.68 bits per heavy atom. The highest BCUT2D eigenvalue weighted by Crippen LogP contribution is 2.31. The molecule has 3 aromatic rings. The van der Waals surface area contributed by atoms with E-state index in [0.29, 0.717) is 11.8 Å². The van der Waals surface area contributed by atoms with Crippen LogP contribution in [0, 0.1) is 0 Å². The number of hydrogen-bond acceptors (Lipinski definition) is 5. The fourth-order valence-electron chi connectivity index (χ4n) is 5.68. The minimum Gasteiger partial charge on any atom is -0.508 e. The Morgan fingerprint density at radius 3 is 2.43 bits per heavy atom. The smallest absolute Gasteiger partial charge is 0.119 e. The van der Waals surface area contributed by atoms with Crippen molar-refractivity contribution in [3.05, 3.63) is 65.9 Å². The molecular formula is C28H40Cl4N4O. The summed E-state index contributed by atoms with van der Waals surface area (Å²) >= 11 is 0. The number of benzene rings is 2. The van der Waals surface area contributed by atoms with Crippen LogP contribution < -0.4 is 4.90 Å². The average Bonchev–Trinajstić information content (AvgIpc) is 2.86. The molecule has 5 rings (SSSR count). The van der Waals surface area contributed by atoms with E-state index >= 15 is 0 Å². The maximum atomic E-state index is 10.2. The molecule has 0 saturated carbocycles. The second kappa shape index (κ2) is 15.8. The number of aromatic hydroxyl groups is 1. The van der Waals surface area contributed by atoms with Crippen molar-refractivity contribution in [3.8, 4) is 5.75 Å². The molecule has 2 aliphatic rings. The Kier molecular flexibility index (Phi) is 14.4. The zero-order valence-corrected chi connectivity index (χ0v) is 24.7. The Bertz CT molecular complexity index is 1090. The first-order chi connectivity index (χ1) is 16.2. The maximum absolute atomic E-state index is 10.2. The van der Waals surface area contributed by atoms with Crippen molar-refractivity contribution < 1.29 is 5.11 Å². The number of aromatic nitrogens is 1. The third-order valence-corrected chi connectivity index (χ3v) is 7.50. The van der Waals surface area contributed by atoms with Gasteiger partial charge in [-0.05, 0) is 61.6 Å². The number of piperazine rings is 1. The summed E-state index contributed by atoms with van der Waals surface area (Å²) in [6.45, 7) is 10.1. The molecule has 1 N–H and O–H groups in total. The summed E-state index contributed by atoms with van der Waals surface area (Å²) in [6.07, 6.45) is 6.33. The highest BCUT2D eigenvalue weighted by Gasteiger charge is 2.26. The minimum atomic E-state index is 0. The van der Waals surface area contributed by atoms with Crippen LogP contribution in [0.15, 0.2) is 54.7 Å². The van der Waals surface area contributed by atoms with Crippen molar-refractivity contribution in [3.63, 3.8) is 0 Å². The van der Waals surface area contributed by atoms with Crippen LogP contribution in [0.3, 0.4) is 0 Å². The number of rotatable bonds is 7. The number of anilines is 1. The van der Waals surface area contributed by atoms with Gasteiger partial charge in [-0.25, -0.2) is 0 Å². The molecule has 1 aliphatic carbocycles. The van der Waals surface area contributed by atoms with Crippen LogP contribution in [-0.4, -0.2) is 71.7 Å². The first-order valence-electron chi connectivity index (χ1n) is 12.6. The second-order valence-electron chi connectivity index (χ2n) is 9.52. The van der Waals surface area contributed by atoms with Crippen LogP contribution in [0.25, 0.3) is 10.9 Å². The third kappa shape index (κ3) is 7.78. The molecule has 1 atom stereocenters. The SMILES string of the molecule is CCCN(CCN1CCN(c2ccnc3ccccc23)CC1)C1CCc2c(O)cccc2C1.Cl.Cl.Cl.Cl. The molecule has 206 valence electrons. The largest absolute Gasteiger partial charge is 0.508 e. The lowest BCUT2D eigenvalue weighted by Crippen LogP contribution is -2.50. The topological polar surface area (TPSA) is 42.8 Å². The summed E-state index contributed by atoms with van der Waals surface area (Å²) < 4.78 is 0. The molecule has 2 aromatic carbocycles. The van der Waals surface area contributed by atoms with Crippen molar-refractivity contribution in [1.82, 2.24) is 14.8 Å². The van der Waals surface area contributed by atoms with Crippen molar-refractivity contribution in [2.45, 2.75) is 38.6 Å². The lowest BCUT2D eigenvalue weighted by molar-refractivity contribution is 0.145. The number of para-hydroxylation sites is 1. The third-order valence-electron chi connectivity index (χ3n) is 7.50. The van der Waals surface area contributed by atoms with E-state index in [1.165, 1.54) is 28.6 Å². The van der Waals surface area contributed by atoms with Gasteiger partial charge in [-0.1, -0.05) is 37.3 Å². The molecule has 9 heteroatoms.